The molecule has 4 aromatic carbocycles. The Morgan fingerprint density at radius 1 is 0.645 bits per heavy atom. The van der Waals surface area contributed by atoms with Gasteiger partial charge in [-0.2, -0.15) is 0 Å². The summed E-state index contributed by atoms with van der Waals surface area (Å²) >= 11 is 0. The van der Waals surface area contributed by atoms with Crippen LogP contribution in [-0.4, -0.2) is 18.9 Å². The molecule has 4 heteroatoms. The summed E-state index contributed by atoms with van der Waals surface area (Å²) in [7, 11) is 1.82. The van der Waals surface area contributed by atoms with Crippen LogP contribution in [0.25, 0.3) is 16.3 Å². The maximum absolute atomic E-state index is 13.8. The number of hydrogen-bond acceptors (Lipinski definition) is 3. The number of likely N-dealkylation sites (N-methyl/N-ethyl adjacent to an activating group) is 1. The van der Waals surface area contributed by atoms with Crippen LogP contribution in [0.4, 0.5) is 11.4 Å². The van der Waals surface area contributed by atoms with E-state index in [1.165, 1.54) is 4.90 Å². The zero-order chi connectivity index (χ0) is 21.4. The Kier molecular flexibility index (Phi) is 4.60. The van der Waals surface area contributed by atoms with Crippen molar-refractivity contribution in [3.63, 3.8) is 0 Å². The summed E-state index contributed by atoms with van der Waals surface area (Å²) in [6, 6.07) is 32.4. The number of fused-ring (bicyclic) bond motifs is 1. The van der Waals surface area contributed by atoms with Crippen LogP contribution in [0.15, 0.2) is 109 Å². The van der Waals surface area contributed by atoms with Crippen LogP contribution >= 0.6 is 0 Å². The first-order chi connectivity index (χ1) is 15.2. The molecule has 0 unspecified atom stereocenters. The third-order valence-electron chi connectivity index (χ3n) is 5.61. The number of carbonyl (C=O) groups is 2. The second-order valence-electron chi connectivity index (χ2n) is 7.43. The quantitative estimate of drug-likeness (QED) is 0.436. The van der Waals surface area contributed by atoms with E-state index in [0.29, 0.717) is 17.0 Å². The first-order valence-corrected chi connectivity index (χ1v) is 10.1. The zero-order valence-corrected chi connectivity index (χ0v) is 17.0. The highest BCUT2D eigenvalue weighted by Crippen LogP contribution is 2.38. The molecule has 0 N–H and O–H groups in total. The molecule has 1 heterocycles. The third kappa shape index (κ3) is 3.09. The molecule has 0 saturated heterocycles. The smallest absolute Gasteiger partial charge is 0.282 e. The predicted octanol–water partition coefficient (Wildman–Crippen LogP) is 5.26. The van der Waals surface area contributed by atoms with Crippen LogP contribution in [0.1, 0.15) is 5.56 Å². The van der Waals surface area contributed by atoms with Gasteiger partial charge in [-0.05, 0) is 29.1 Å². The van der Waals surface area contributed by atoms with Crippen LogP contribution < -0.4 is 9.80 Å². The normalized spacial score (nSPS) is 13.9. The van der Waals surface area contributed by atoms with Crippen molar-refractivity contribution in [3.05, 3.63) is 114 Å². The molecule has 0 saturated carbocycles. The number of imide groups is 1. The van der Waals surface area contributed by atoms with Crippen molar-refractivity contribution < 1.29 is 9.59 Å². The van der Waals surface area contributed by atoms with Crippen LogP contribution in [0.5, 0.6) is 0 Å². The minimum atomic E-state index is -0.327. The lowest BCUT2D eigenvalue weighted by Gasteiger charge is -2.22. The fraction of sp³-hybridized carbons (Fsp3) is 0.0370. The molecular weight excluding hydrogens is 384 g/mol. The fourth-order valence-corrected chi connectivity index (χ4v) is 4.10. The minimum Gasteiger partial charge on any atom is -0.339 e. The second-order valence-corrected chi connectivity index (χ2v) is 7.43. The molecule has 2 amide bonds. The molecule has 0 aliphatic carbocycles. The van der Waals surface area contributed by atoms with Gasteiger partial charge in [0.1, 0.15) is 5.70 Å². The Labute approximate surface area is 180 Å². The SMILES string of the molecule is CN(C1=C(c2ccccc2)C(=O)N(c2cccc3ccccc23)C1=O)c1ccccc1. The van der Waals surface area contributed by atoms with Gasteiger partial charge in [-0.15, -0.1) is 0 Å². The summed E-state index contributed by atoms with van der Waals surface area (Å²) < 4.78 is 0. The average molecular weight is 404 g/mol. The van der Waals surface area contributed by atoms with Crippen LogP contribution in [0, 0.1) is 0 Å². The molecule has 150 valence electrons. The maximum Gasteiger partial charge on any atom is 0.282 e. The molecular formula is C27H20N2O2. The summed E-state index contributed by atoms with van der Waals surface area (Å²) in [5.74, 6) is -0.642. The summed E-state index contributed by atoms with van der Waals surface area (Å²) in [6.45, 7) is 0. The molecule has 5 rings (SSSR count). The second kappa shape index (κ2) is 7.58. The van der Waals surface area contributed by atoms with Crippen LogP contribution in [-0.2, 0) is 9.59 Å². The van der Waals surface area contributed by atoms with Gasteiger partial charge < -0.3 is 4.90 Å². The van der Waals surface area contributed by atoms with Crippen molar-refractivity contribution in [3.8, 4) is 0 Å². The standard InChI is InChI=1S/C27H20N2O2/c1-28(21-15-6-3-7-16-21)25-24(20-12-4-2-5-13-20)26(30)29(27(25)31)23-18-10-14-19-11-8-9-17-22(19)23/h2-18H,1H3. The number of para-hydroxylation sites is 1. The zero-order valence-electron chi connectivity index (χ0n) is 17.0. The monoisotopic (exact) mass is 404 g/mol. The van der Waals surface area contributed by atoms with E-state index in [0.717, 1.165) is 22.0 Å². The highest BCUT2D eigenvalue weighted by molar-refractivity contribution is 6.47. The van der Waals surface area contributed by atoms with Crippen LogP contribution in [0.3, 0.4) is 0 Å². The minimum absolute atomic E-state index is 0.315. The van der Waals surface area contributed by atoms with Gasteiger partial charge in [0.2, 0.25) is 0 Å². The van der Waals surface area contributed by atoms with E-state index >= 15 is 0 Å². The fourth-order valence-electron chi connectivity index (χ4n) is 4.10. The van der Waals surface area contributed by atoms with Crippen molar-refractivity contribution in [2.45, 2.75) is 0 Å². The van der Waals surface area contributed by atoms with E-state index < -0.39 is 0 Å². The van der Waals surface area contributed by atoms with E-state index in [-0.39, 0.29) is 11.8 Å². The van der Waals surface area contributed by atoms with Gasteiger partial charge in [0.25, 0.3) is 11.8 Å². The first-order valence-electron chi connectivity index (χ1n) is 10.1. The number of amides is 2. The lowest BCUT2D eigenvalue weighted by molar-refractivity contribution is -0.120. The van der Waals surface area contributed by atoms with Crippen molar-refractivity contribution >= 4 is 39.5 Å². The molecule has 0 fully saturated rings. The molecule has 0 aromatic heterocycles. The summed E-state index contributed by atoms with van der Waals surface area (Å²) in [5, 5.41) is 1.84. The molecule has 0 spiro atoms. The number of hydrogen-bond donors (Lipinski definition) is 0. The summed E-state index contributed by atoms with van der Waals surface area (Å²) in [4.78, 5) is 30.6. The number of nitrogens with zero attached hydrogens (tertiary/aromatic N) is 2. The Bertz CT molecular complexity index is 1320. The predicted molar refractivity (Wildman–Crippen MR) is 125 cm³/mol. The lowest BCUT2D eigenvalue weighted by Crippen LogP contribution is -2.34. The molecule has 1 aliphatic rings. The number of carbonyl (C=O) groups excluding carboxylic acids is 2. The molecule has 0 atom stereocenters. The average Bonchev–Trinajstić information content (AvgIpc) is 3.09. The molecule has 4 aromatic rings. The molecule has 31 heavy (non-hydrogen) atoms. The van der Waals surface area contributed by atoms with Crippen molar-refractivity contribution in [2.75, 3.05) is 16.8 Å². The van der Waals surface area contributed by atoms with Gasteiger partial charge in [-0.1, -0.05) is 84.9 Å². The number of rotatable bonds is 4. The van der Waals surface area contributed by atoms with Crippen molar-refractivity contribution in [1.29, 1.82) is 0 Å². The molecule has 1 aliphatic heterocycles. The van der Waals surface area contributed by atoms with Gasteiger partial charge in [-0.3, -0.25) is 9.59 Å². The van der Waals surface area contributed by atoms with E-state index in [1.54, 1.807) is 4.90 Å². The molecule has 0 radical (unpaired) electrons. The highest BCUT2D eigenvalue weighted by atomic mass is 16.2. The van der Waals surface area contributed by atoms with Crippen molar-refractivity contribution in [2.24, 2.45) is 0 Å². The van der Waals surface area contributed by atoms with E-state index in [1.807, 2.05) is 110 Å². The number of benzene rings is 4. The van der Waals surface area contributed by atoms with Gasteiger partial charge in [0, 0.05) is 18.1 Å². The van der Waals surface area contributed by atoms with Gasteiger partial charge >= 0.3 is 0 Å². The Morgan fingerprint density at radius 3 is 2.00 bits per heavy atom. The Morgan fingerprint density at radius 2 is 1.26 bits per heavy atom. The molecule has 4 nitrogen and oxygen atoms in total. The lowest BCUT2D eigenvalue weighted by atomic mass is 10.0. The Balaban J connectivity index is 1.71. The van der Waals surface area contributed by atoms with E-state index in [9.17, 15) is 9.59 Å². The van der Waals surface area contributed by atoms with Gasteiger partial charge in [0.05, 0.1) is 11.3 Å². The topological polar surface area (TPSA) is 40.6 Å². The van der Waals surface area contributed by atoms with Crippen molar-refractivity contribution in [1.82, 2.24) is 0 Å². The highest BCUT2D eigenvalue weighted by Gasteiger charge is 2.42. The van der Waals surface area contributed by atoms with E-state index in [2.05, 4.69) is 0 Å². The maximum atomic E-state index is 13.8. The third-order valence-corrected chi connectivity index (χ3v) is 5.61. The Hall–Kier alpha value is -4.18. The number of anilines is 2. The molecule has 0 bridgehead atoms. The van der Waals surface area contributed by atoms with Gasteiger partial charge in [-0.25, -0.2) is 4.90 Å². The largest absolute Gasteiger partial charge is 0.339 e. The van der Waals surface area contributed by atoms with E-state index in [4.69, 9.17) is 0 Å². The summed E-state index contributed by atoms with van der Waals surface area (Å²) in [5.41, 5.74) is 2.94. The first kappa shape index (κ1) is 18.8. The summed E-state index contributed by atoms with van der Waals surface area (Å²) in [6.07, 6.45) is 0. The van der Waals surface area contributed by atoms with Crippen LogP contribution in [0.2, 0.25) is 0 Å². The van der Waals surface area contributed by atoms with Gasteiger partial charge in [0.15, 0.2) is 0 Å².